The molecule has 0 aliphatic rings. The Morgan fingerprint density at radius 1 is 0.714 bits per heavy atom. The molecule has 2 N–H and O–H groups in total. The molecule has 0 unspecified atom stereocenters. The predicted octanol–water partition coefficient (Wildman–Crippen LogP) is 4.01. The van der Waals surface area contributed by atoms with Crippen LogP contribution in [0, 0.1) is 13.8 Å². The average Bonchev–Trinajstić information content (AvgIpc) is 2.53. The van der Waals surface area contributed by atoms with E-state index >= 15 is 0 Å². The van der Waals surface area contributed by atoms with E-state index in [0.717, 1.165) is 16.8 Å². The second kappa shape index (κ2) is 5.37. The molecule has 104 valence electrons. The first-order valence-electron chi connectivity index (χ1n) is 6.92. The maximum Gasteiger partial charge on any atom is 0.161 e. The van der Waals surface area contributed by atoms with Gasteiger partial charge in [-0.2, -0.15) is 0 Å². The Labute approximate surface area is 124 Å². The molecule has 1 heterocycles. The van der Waals surface area contributed by atoms with Gasteiger partial charge in [-0.15, -0.1) is 0 Å². The summed E-state index contributed by atoms with van der Waals surface area (Å²) in [5.41, 5.74) is 11.1. The van der Waals surface area contributed by atoms with Gasteiger partial charge < -0.3 is 5.73 Å². The number of aryl methyl sites for hydroxylation is 1. The van der Waals surface area contributed by atoms with Gasteiger partial charge in [0.2, 0.25) is 0 Å². The number of hydrogen-bond acceptors (Lipinski definition) is 3. The quantitative estimate of drug-likeness (QED) is 0.768. The van der Waals surface area contributed by atoms with E-state index in [1.54, 1.807) is 0 Å². The second-order valence-corrected chi connectivity index (χ2v) is 5.09. The van der Waals surface area contributed by atoms with Crippen LogP contribution in [0.5, 0.6) is 0 Å². The monoisotopic (exact) mass is 275 g/mol. The van der Waals surface area contributed by atoms with Crippen LogP contribution in [0.2, 0.25) is 0 Å². The second-order valence-electron chi connectivity index (χ2n) is 5.09. The molecule has 3 rings (SSSR count). The third-order valence-corrected chi connectivity index (χ3v) is 3.68. The summed E-state index contributed by atoms with van der Waals surface area (Å²) < 4.78 is 0. The fourth-order valence-electron chi connectivity index (χ4n) is 2.22. The highest BCUT2D eigenvalue weighted by Crippen LogP contribution is 2.24. The molecule has 3 heteroatoms. The topological polar surface area (TPSA) is 51.8 Å². The summed E-state index contributed by atoms with van der Waals surface area (Å²) in [6.45, 7) is 3.89. The van der Waals surface area contributed by atoms with Crippen molar-refractivity contribution in [2.24, 2.45) is 0 Å². The molecule has 0 amide bonds. The van der Waals surface area contributed by atoms with Gasteiger partial charge in [-0.05, 0) is 25.0 Å². The van der Waals surface area contributed by atoms with Crippen LogP contribution < -0.4 is 5.73 Å². The maximum atomic E-state index is 5.93. The van der Waals surface area contributed by atoms with Crippen LogP contribution in [0.4, 0.5) is 5.82 Å². The SMILES string of the molecule is Cc1nc(-c2ccc(-c3ccccc3)cc2)nc(N)c1C. The number of nitrogens with two attached hydrogens (primary N) is 1. The molecule has 2 aromatic carbocycles. The number of benzene rings is 2. The summed E-state index contributed by atoms with van der Waals surface area (Å²) in [5, 5.41) is 0. The zero-order valence-corrected chi connectivity index (χ0v) is 12.2. The largest absolute Gasteiger partial charge is 0.383 e. The van der Waals surface area contributed by atoms with Crippen LogP contribution in [-0.4, -0.2) is 9.97 Å². The fourth-order valence-corrected chi connectivity index (χ4v) is 2.22. The van der Waals surface area contributed by atoms with Gasteiger partial charge in [-0.25, -0.2) is 9.97 Å². The Balaban J connectivity index is 1.98. The normalized spacial score (nSPS) is 10.6. The Morgan fingerprint density at radius 3 is 1.90 bits per heavy atom. The van der Waals surface area contributed by atoms with Crippen molar-refractivity contribution in [3.05, 3.63) is 65.9 Å². The van der Waals surface area contributed by atoms with Gasteiger partial charge in [-0.1, -0.05) is 54.6 Å². The number of rotatable bonds is 2. The lowest BCUT2D eigenvalue weighted by Gasteiger charge is -2.08. The molecule has 21 heavy (non-hydrogen) atoms. The van der Waals surface area contributed by atoms with Gasteiger partial charge in [0.05, 0.1) is 0 Å². The van der Waals surface area contributed by atoms with Gasteiger partial charge >= 0.3 is 0 Å². The summed E-state index contributed by atoms with van der Waals surface area (Å²) in [6.07, 6.45) is 0. The average molecular weight is 275 g/mol. The molecule has 0 radical (unpaired) electrons. The van der Waals surface area contributed by atoms with Crippen LogP contribution in [-0.2, 0) is 0 Å². The van der Waals surface area contributed by atoms with Crippen molar-refractivity contribution in [2.45, 2.75) is 13.8 Å². The Hall–Kier alpha value is -2.68. The van der Waals surface area contributed by atoms with Crippen molar-refractivity contribution >= 4 is 5.82 Å². The van der Waals surface area contributed by atoms with Crippen molar-refractivity contribution < 1.29 is 0 Å². The van der Waals surface area contributed by atoms with Gasteiger partial charge in [-0.3, -0.25) is 0 Å². The molecule has 0 aliphatic carbocycles. The fraction of sp³-hybridized carbons (Fsp3) is 0.111. The highest BCUT2D eigenvalue weighted by atomic mass is 14.9. The van der Waals surface area contributed by atoms with Crippen molar-refractivity contribution in [1.82, 2.24) is 9.97 Å². The first-order valence-corrected chi connectivity index (χ1v) is 6.92. The molecule has 1 aromatic heterocycles. The first kappa shape index (κ1) is 13.3. The Kier molecular flexibility index (Phi) is 3.40. The standard InChI is InChI=1S/C18H17N3/c1-12-13(2)20-18(21-17(12)19)16-10-8-15(9-11-16)14-6-4-3-5-7-14/h3-11H,1-2H3,(H2,19,20,21). The van der Waals surface area contributed by atoms with Gasteiger partial charge in [0.25, 0.3) is 0 Å². The third kappa shape index (κ3) is 2.63. The summed E-state index contributed by atoms with van der Waals surface area (Å²) in [5.74, 6) is 1.22. The number of nitrogens with zero attached hydrogens (tertiary/aromatic N) is 2. The van der Waals surface area contributed by atoms with Gasteiger partial charge in [0, 0.05) is 16.8 Å². The summed E-state index contributed by atoms with van der Waals surface area (Å²) in [7, 11) is 0. The Bertz CT molecular complexity index is 739. The number of hydrogen-bond donors (Lipinski definition) is 1. The molecule has 0 spiro atoms. The molecule has 0 saturated carbocycles. The summed E-state index contributed by atoms with van der Waals surface area (Å²) >= 11 is 0. The molecule has 0 fully saturated rings. The van der Waals surface area contributed by atoms with E-state index in [1.165, 1.54) is 11.1 Å². The van der Waals surface area contributed by atoms with E-state index in [0.29, 0.717) is 11.6 Å². The lowest BCUT2D eigenvalue weighted by Crippen LogP contribution is -2.01. The van der Waals surface area contributed by atoms with Crippen molar-refractivity contribution in [3.8, 4) is 22.5 Å². The predicted molar refractivity (Wildman–Crippen MR) is 86.8 cm³/mol. The zero-order valence-electron chi connectivity index (χ0n) is 12.2. The minimum atomic E-state index is 0.546. The third-order valence-electron chi connectivity index (χ3n) is 3.68. The molecule has 0 saturated heterocycles. The van der Waals surface area contributed by atoms with Crippen LogP contribution in [0.1, 0.15) is 11.3 Å². The van der Waals surface area contributed by atoms with E-state index in [4.69, 9.17) is 5.73 Å². The van der Waals surface area contributed by atoms with Crippen LogP contribution in [0.3, 0.4) is 0 Å². The lowest BCUT2D eigenvalue weighted by atomic mass is 10.0. The number of anilines is 1. The molecule has 0 atom stereocenters. The van der Waals surface area contributed by atoms with Crippen LogP contribution in [0.15, 0.2) is 54.6 Å². The highest BCUT2D eigenvalue weighted by Gasteiger charge is 2.07. The van der Waals surface area contributed by atoms with E-state index in [-0.39, 0.29) is 0 Å². The van der Waals surface area contributed by atoms with Crippen LogP contribution in [0.25, 0.3) is 22.5 Å². The summed E-state index contributed by atoms with van der Waals surface area (Å²) in [6, 6.07) is 18.5. The van der Waals surface area contributed by atoms with Gasteiger partial charge in [0.1, 0.15) is 5.82 Å². The Morgan fingerprint density at radius 2 is 1.29 bits per heavy atom. The van der Waals surface area contributed by atoms with E-state index in [1.807, 2.05) is 44.2 Å². The maximum absolute atomic E-state index is 5.93. The highest BCUT2D eigenvalue weighted by molar-refractivity contribution is 5.68. The molecule has 0 bridgehead atoms. The first-order chi connectivity index (χ1) is 10.1. The number of aromatic nitrogens is 2. The molecule has 0 aliphatic heterocycles. The lowest BCUT2D eigenvalue weighted by molar-refractivity contribution is 1.08. The van der Waals surface area contributed by atoms with E-state index in [2.05, 4.69) is 34.2 Å². The van der Waals surface area contributed by atoms with Crippen molar-refractivity contribution in [3.63, 3.8) is 0 Å². The van der Waals surface area contributed by atoms with Crippen molar-refractivity contribution in [2.75, 3.05) is 5.73 Å². The molecule has 3 aromatic rings. The minimum Gasteiger partial charge on any atom is -0.383 e. The van der Waals surface area contributed by atoms with E-state index < -0.39 is 0 Å². The summed E-state index contributed by atoms with van der Waals surface area (Å²) in [4.78, 5) is 8.89. The molecular formula is C18H17N3. The van der Waals surface area contributed by atoms with Crippen LogP contribution >= 0.6 is 0 Å². The van der Waals surface area contributed by atoms with Gasteiger partial charge in [0.15, 0.2) is 5.82 Å². The van der Waals surface area contributed by atoms with E-state index in [9.17, 15) is 0 Å². The molecular weight excluding hydrogens is 258 g/mol. The zero-order chi connectivity index (χ0) is 14.8. The van der Waals surface area contributed by atoms with Crippen molar-refractivity contribution in [1.29, 1.82) is 0 Å². The smallest absolute Gasteiger partial charge is 0.161 e. The molecule has 3 nitrogen and oxygen atoms in total. The minimum absolute atomic E-state index is 0.546. The number of nitrogen functional groups attached to an aromatic ring is 1.